The zero-order chi connectivity index (χ0) is 21.3. The van der Waals surface area contributed by atoms with Crippen molar-refractivity contribution < 1.29 is 4.74 Å². The summed E-state index contributed by atoms with van der Waals surface area (Å²) in [7, 11) is 0. The molecule has 1 unspecified atom stereocenters. The maximum absolute atomic E-state index is 9.52. The van der Waals surface area contributed by atoms with Gasteiger partial charge >= 0.3 is 0 Å². The van der Waals surface area contributed by atoms with Gasteiger partial charge in [-0.2, -0.15) is 10.5 Å². The molecule has 148 valence electrons. The van der Waals surface area contributed by atoms with Gasteiger partial charge < -0.3 is 21.5 Å². The molecule has 0 saturated heterocycles. The summed E-state index contributed by atoms with van der Waals surface area (Å²) in [5, 5.41) is 26.0. The standard InChI is InChI=1S/C21H18N8O/c1-2-30-14-8-7-11-5-3-4-6-12(11)15(14)18-16-17(24)13(9-22)19(25)28-20(16)29-21(27-18)26-10-23/h3-8,18H,2H2,1H3,(H6,24,25,26,27,28,29). The van der Waals surface area contributed by atoms with Crippen LogP contribution in [0.2, 0.25) is 0 Å². The predicted molar refractivity (Wildman–Crippen MR) is 115 cm³/mol. The number of benzene rings is 2. The molecule has 9 heteroatoms. The van der Waals surface area contributed by atoms with E-state index in [1.807, 2.05) is 55.6 Å². The fourth-order valence-corrected chi connectivity index (χ4v) is 3.63. The minimum absolute atomic E-state index is 0.00107. The topological polar surface area (TPSA) is 158 Å². The highest BCUT2D eigenvalue weighted by Crippen LogP contribution is 2.45. The molecular weight excluding hydrogens is 380 g/mol. The fourth-order valence-electron chi connectivity index (χ4n) is 3.63. The molecule has 0 aliphatic carbocycles. The van der Waals surface area contributed by atoms with E-state index in [2.05, 4.69) is 20.6 Å². The minimum Gasteiger partial charge on any atom is -0.493 e. The number of rotatable bonds is 3. The van der Waals surface area contributed by atoms with Crippen molar-refractivity contribution in [3.05, 3.63) is 53.1 Å². The molecule has 0 radical (unpaired) electrons. The first kappa shape index (κ1) is 18.8. The van der Waals surface area contributed by atoms with E-state index in [9.17, 15) is 5.26 Å². The Bertz CT molecular complexity index is 1270. The van der Waals surface area contributed by atoms with Gasteiger partial charge in [-0.15, -0.1) is 0 Å². The van der Waals surface area contributed by atoms with Crippen LogP contribution in [0.4, 0.5) is 17.3 Å². The van der Waals surface area contributed by atoms with Gasteiger partial charge in [-0.3, -0.25) is 5.32 Å². The van der Waals surface area contributed by atoms with Crippen LogP contribution in [0.3, 0.4) is 0 Å². The number of nitrogens with one attached hydrogen (secondary N) is 2. The first-order valence-electron chi connectivity index (χ1n) is 9.22. The van der Waals surface area contributed by atoms with Crippen LogP contribution in [-0.4, -0.2) is 17.6 Å². The molecule has 0 amide bonds. The van der Waals surface area contributed by atoms with Gasteiger partial charge in [0.1, 0.15) is 35.1 Å². The highest BCUT2D eigenvalue weighted by atomic mass is 16.5. The number of aromatic nitrogens is 1. The Morgan fingerprint density at radius 1 is 1.17 bits per heavy atom. The van der Waals surface area contributed by atoms with Crippen molar-refractivity contribution >= 4 is 34.1 Å². The lowest BCUT2D eigenvalue weighted by Crippen LogP contribution is -2.33. The van der Waals surface area contributed by atoms with Crippen molar-refractivity contribution in [1.82, 2.24) is 10.3 Å². The van der Waals surface area contributed by atoms with Crippen LogP contribution in [0.15, 0.2) is 41.4 Å². The molecule has 0 fully saturated rings. The normalized spacial score (nSPS) is 14.6. The van der Waals surface area contributed by atoms with Crippen molar-refractivity contribution in [2.45, 2.75) is 13.0 Å². The molecule has 30 heavy (non-hydrogen) atoms. The summed E-state index contributed by atoms with van der Waals surface area (Å²) in [6.07, 6.45) is 1.85. The van der Waals surface area contributed by atoms with Crippen molar-refractivity contribution in [2.24, 2.45) is 4.99 Å². The summed E-state index contributed by atoms with van der Waals surface area (Å²) in [6, 6.07) is 13.0. The molecule has 1 aromatic heterocycles. The van der Waals surface area contributed by atoms with Crippen LogP contribution in [0, 0.1) is 22.8 Å². The maximum atomic E-state index is 9.52. The third-order valence-electron chi connectivity index (χ3n) is 4.86. The van der Waals surface area contributed by atoms with E-state index >= 15 is 0 Å². The SMILES string of the molecule is CCOc1ccc2ccccc2c1C1N=C(NC#N)Nc2nc(N)c(C#N)c(N)c21. The lowest BCUT2D eigenvalue weighted by atomic mass is 9.90. The molecule has 0 saturated carbocycles. The summed E-state index contributed by atoms with van der Waals surface area (Å²) in [5.74, 6) is 1.16. The van der Waals surface area contributed by atoms with Gasteiger partial charge in [-0.1, -0.05) is 30.3 Å². The van der Waals surface area contributed by atoms with E-state index in [1.165, 1.54) is 0 Å². The fraction of sp³-hybridized carbons (Fsp3) is 0.143. The largest absolute Gasteiger partial charge is 0.493 e. The summed E-state index contributed by atoms with van der Waals surface area (Å²) in [6.45, 7) is 2.35. The van der Waals surface area contributed by atoms with E-state index in [-0.39, 0.29) is 23.0 Å². The molecular formula is C21H18N8O. The molecule has 0 bridgehead atoms. The first-order valence-corrected chi connectivity index (χ1v) is 9.22. The smallest absolute Gasteiger partial charge is 0.211 e. The highest BCUT2D eigenvalue weighted by molar-refractivity contribution is 6.00. The maximum Gasteiger partial charge on any atom is 0.211 e. The molecule has 1 aliphatic rings. The summed E-state index contributed by atoms with van der Waals surface area (Å²) >= 11 is 0. The van der Waals surface area contributed by atoms with Crippen molar-refractivity contribution in [2.75, 3.05) is 23.4 Å². The molecule has 3 aromatic rings. The number of nitrogens with two attached hydrogens (primary N) is 2. The zero-order valence-electron chi connectivity index (χ0n) is 16.1. The van der Waals surface area contributed by atoms with Crippen LogP contribution in [0.1, 0.15) is 29.7 Å². The number of nitriles is 2. The Kier molecular flexibility index (Phi) is 4.71. The van der Waals surface area contributed by atoms with Gasteiger partial charge in [-0.25, -0.2) is 9.98 Å². The summed E-state index contributed by atoms with van der Waals surface area (Å²) in [5.41, 5.74) is 13.8. The average Bonchev–Trinajstić information content (AvgIpc) is 2.73. The molecule has 2 heterocycles. The Morgan fingerprint density at radius 2 is 1.97 bits per heavy atom. The number of fused-ring (bicyclic) bond motifs is 2. The second-order valence-corrected chi connectivity index (χ2v) is 6.53. The number of guanidine groups is 1. The van der Waals surface area contributed by atoms with Crippen LogP contribution >= 0.6 is 0 Å². The van der Waals surface area contributed by atoms with Crippen molar-refractivity contribution in [1.29, 1.82) is 10.5 Å². The van der Waals surface area contributed by atoms with E-state index in [1.54, 1.807) is 0 Å². The summed E-state index contributed by atoms with van der Waals surface area (Å²) in [4.78, 5) is 8.97. The number of hydrogen-bond acceptors (Lipinski definition) is 9. The van der Waals surface area contributed by atoms with E-state index in [0.29, 0.717) is 23.7 Å². The van der Waals surface area contributed by atoms with Gasteiger partial charge in [0.2, 0.25) is 5.96 Å². The van der Waals surface area contributed by atoms with Gasteiger partial charge in [0.15, 0.2) is 6.19 Å². The van der Waals surface area contributed by atoms with Gasteiger partial charge in [0.25, 0.3) is 0 Å². The Hall–Kier alpha value is -4.50. The molecule has 6 N–H and O–H groups in total. The number of aliphatic imine (C=N–C) groups is 1. The molecule has 2 aromatic carbocycles. The third-order valence-corrected chi connectivity index (χ3v) is 4.86. The highest BCUT2D eigenvalue weighted by Gasteiger charge is 2.32. The molecule has 1 atom stereocenters. The van der Waals surface area contributed by atoms with Gasteiger partial charge in [0, 0.05) is 11.1 Å². The number of anilines is 3. The second-order valence-electron chi connectivity index (χ2n) is 6.53. The van der Waals surface area contributed by atoms with Gasteiger partial charge in [-0.05, 0) is 23.8 Å². The van der Waals surface area contributed by atoms with Gasteiger partial charge in [0.05, 0.1) is 12.3 Å². The third kappa shape index (κ3) is 2.95. The minimum atomic E-state index is -0.676. The quantitative estimate of drug-likeness (QED) is 0.387. The lowest BCUT2D eigenvalue weighted by molar-refractivity contribution is 0.336. The zero-order valence-corrected chi connectivity index (χ0v) is 16.1. The summed E-state index contributed by atoms with van der Waals surface area (Å²) < 4.78 is 5.90. The van der Waals surface area contributed by atoms with Crippen LogP contribution in [-0.2, 0) is 0 Å². The Labute approximate surface area is 172 Å². The Balaban J connectivity index is 2.08. The van der Waals surface area contributed by atoms with Crippen molar-refractivity contribution in [3.63, 3.8) is 0 Å². The molecule has 0 spiro atoms. The number of ether oxygens (including phenoxy) is 1. The second kappa shape index (κ2) is 7.49. The van der Waals surface area contributed by atoms with Crippen LogP contribution < -0.4 is 26.8 Å². The van der Waals surface area contributed by atoms with E-state index < -0.39 is 6.04 Å². The average molecular weight is 398 g/mol. The number of nitrogens with zero attached hydrogens (tertiary/aromatic N) is 4. The van der Waals surface area contributed by atoms with Crippen LogP contribution in [0.25, 0.3) is 10.8 Å². The van der Waals surface area contributed by atoms with Crippen LogP contribution in [0.5, 0.6) is 5.75 Å². The molecule has 4 rings (SSSR count). The lowest BCUT2D eigenvalue weighted by Gasteiger charge is -2.28. The first-order chi connectivity index (χ1) is 14.6. The van der Waals surface area contributed by atoms with E-state index in [4.69, 9.17) is 21.5 Å². The van der Waals surface area contributed by atoms with E-state index in [0.717, 1.165) is 16.3 Å². The number of hydrogen-bond donors (Lipinski definition) is 4. The number of pyridine rings is 1. The monoisotopic (exact) mass is 398 g/mol. The molecule has 9 nitrogen and oxygen atoms in total. The predicted octanol–water partition coefficient (Wildman–Crippen LogP) is 2.61. The molecule has 1 aliphatic heterocycles. The van der Waals surface area contributed by atoms with Crippen molar-refractivity contribution in [3.8, 4) is 18.0 Å². The Morgan fingerprint density at radius 3 is 2.70 bits per heavy atom. The number of nitrogen functional groups attached to an aromatic ring is 2.